The van der Waals surface area contributed by atoms with Gasteiger partial charge in [0.05, 0.1) is 0 Å². The highest BCUT2D eigenvalue weighted by Crippen LogP contribution is 2.12. The third-order valence-corrected chi connectivity index (χ3v) is 1.79. The lowest BCUT2D eigenvalue weighted by molar-refractivity contribution is 0.116. The van der Waals surface area contributed by atoms with Gasteiger partial charge in [0, 0.05) is 26.8 Å². The molecule has 0 N–H and O–H groups in total. The van der Waals surface area contributed by atoms with E-state index in [-0.39, 0.29) is 0 Å². The van der Waals surface area contributed by atoms with Gasteiger partial charge in [-0.3, -0.25) is 0 Å². The summed E-state index contributed by atoms with van der Waals surface area (Å²) in [5, 5.41) is 4.32. The standard InChI is InChI=1S/C7H14N2/c1-4-7-5-8(2)9(3)6-7/h5H,4,6H2,1-3H3. The molecule has 0 saturated heterocycles. The Morgan fingerprint density at radius 1 is 1.56 bits per heavy atom. The molecule has 0 fully saturated rings. The lowest BCUT2D eigenvalue weighted by Gasteiger charge is -2.18. The van der Waals surface area contributed by atoms with Crippen molar-refractivity contribution in [2.45, 2.75) is 13.3 Å². The van der Waals surface area contributed by atoms with Crippen molar-refractivity contribution >= 4 is 0 Å². The van der Waals surface area contributed by atoms with E-state index in [9.17, 15) is 0 Å². The van der Waals surface area contributed by atoms with E-state index in [4.69, 9.17) is 0 Å². The van der Waals surface area contributed by atoms with Gasteiger partial charge in [0.15, 0.2) is 0 Å². The average molecular weight is 126 g/mol. The number of hydrogen-bond donors (Lipinski definition) is 0. The van der Waals surface area contributed by atoms with Crippen LogP contribution in [0.3, 0.4) is 0 Å². The Hall–Kier alpha value is -0.500. The molecule has 0 amide bonds. The van der Waals surface area contributed by atoms with Gasteiger partial charge in [-0.25, -0.2) is 5.01 Å². The maximum atomic E-state index is 2.19. The zero-order chi connectivity index (χ0) is 6.85. The van der Waals surface area contributed by atoms with E-state index < -0.39 is 0 Å². The molecule has 0 aromatic carbocycles. The summed E-state index contributed by atoms with van der Waals surface area (Å²) in [4.78, 5) is 0. The molecule has 1 rings (SSSR count). The van der Waals surface area contributed by atoms with E-state index in [2.05, 4.69) is 37.2 Å². The molecule has 2 nitrogen and oxygen atoms in total. The topological polar surface area (TPSA) is 6.48 Å². The summed E-state index contributed by atoms with van der Waals surface area (Å²) in [7, 11) is 4.17. The van der Waals surface area contributed by atoms with Gasteiger partial charge in [0.1, 0.15) is 0 Å². The number of nitrogens with zero attached hydrogens (tertiary/aromatic N) is 2. The van der Waals surface area contributed by atoms with E-state index in [0.717, 1.165) is 6.54 Å². The second-order valence-electron chi connectivity index (χ2n) is 2.53. The summed E-state index contributed by atoms with van der Waals surface area (Å²) in [5.74, 6) is 0. The Morgan fingerprint density at radius 2 is 2.22 bits per heavy atom. The maximum Gasteiger partial charge on any atom is 0.0405 e. The smallest absolute Gasteiger partial charge is 0.0405 e. The SMILES string of the molecule is CCC1=CN(C)N(C)C1. The molecule has 1 aliphatic heterocycles. The molecular weight excluding hydrogens is 112 g/mol. The Balaban J connectivity index is 2.52. The van der Waals surface area contributed by atoms with Crippen LogP contribution in [0.4, 0.5) is 0 Å². The van der Waals surface area contributed by atoms with E-state index in [1.54, 1.807) is 0 Å². The Bertz CT molecular complexity index is 129. The molecule has 0 aromatic heterocycles. The van der Waals surface area contributed by atoms with Gasteiger partial charge in [-0.05, 0) is 12.0 Å². The van der Waals surface area contributed by atoms with E-state index in [0.29, 0.717) is 0 Å². The average Bonchev–Trinajstić information content (AvgIpc) is 2.13. The summed E-state index contributed by atoms with van der Waals surface area (Å²) in [6.07, 6.45) is 3.37. The van der Waals surface area contributed by atoms with Gasteiger partial charge in [-0.2, -0.15) is 0 Å². The second-order valence-corrected chi connectivity index (χ2v) is 2.53. The number of rotatable bonds is 1. The van der Waals surface area contributed by atoms with E-state index in [1.807, 2.05) is 0 Å². The fourth-order valence-corrected chi connectivity index (χ4v) is 1.01. The predicted molar refractivity (Wildman–Crippen MR) is 38.8 cm³/mol. The van der Waals surface area contributed by atoms with Crippen LogP contribution in [0.15, 0.2) is 11.8 Å². The fourth-order valence-electron chi connectivity index (χ4n) is 1.01. The van der Waals surface area contributed by atoms with Crippen molar-refractivity contribution in [3.8, 4) is 0 Å². The summed E-state index contributed by atoms with van der Waals surface area (Å²) in [6, 6.07) is 0. The molecule has 0 bridgehead atoms. The minimum atomic E-state index is 1.10. The molecular formula is C7H14N2. The monoisotopic (exact) mass is 126 g/mol. The van der Waals surface area contributed by atoms with Crippen molar-refractivity contribution < 1.29 is 0 Å². The van der Waals surface area contributed by atoms with Gasteiger partial charge in [0.2, 0.25) is 0 Å². The van der Waals surface area contributed by atoms with Crippen LogP contribution in [0.1, 0.15) is 13.3 Å². The van der Waals surface area contributed by atoms with Crippen molar-refractivity contribution in [1.29, 1.82) is 0 Å². The summed E-state index contributed by atoms with van der Waals surface area (Å²) >= 11 is 0. The van der Waals surface area contributed by atoms with Gasteiger partial charge in [-0.15, -0.1) is 0 Å². The molecule has 52 valence electrons. The Labute approximate surface area is 56.7 Å². The molecule has 1 aliphatic rings. The lowest BCUT2D eigenvalue weighted by Crippen LogP contribution is -2.27. The van der Waals surface area contributed by atoms with Crippen LogP contribution in [-0.2, 0) is 0 Å². The Morgan fingerprint density at radius 3 is 2.44 bits per heavy atom. The Kier molecular flexibility index (Phi) is 1.76. The molecule has 0 aliphatic carbocycles. The second kappa shape index (κ2) is 2.40. The lowest BCUT2D eigenvalue weighted by atomic mass is 10.2. The first-order valence-corrected chi connectivity index (χ1v) is 3.37. The molecule has 0 aromatic rings. The third kappa shape index (κ3) is 1.24. The van der Waals surface area contributed by atoms with Crippen LogP contribution < -0.4 is 0 Å². The molecule has 0 radical (unpaired) electrons. The van der Waals surface area contributed by atoms with Gasteiger partial charge >= 0.3 is 0 Å². The van der Waals surface area contributed by atoms with Gasteiger partial charge in [-0.1, -0.05) is 6.92 Å². The number of hydrazine groups is 1. The summed E-state index contributed by atoms with van der Waals surface area (Å²) in [6.45, 7) is 3.30. The molecule has 9 heavy (non-hydrogen) atoms. The van der Waals surface area contributed by atoms with Crippen molar-refractivity contribution in [2.75, 3.05) is 20.6 Å². The van der Waals surface area contributed by atoms with Crippen LogP contribution in [0.2, 0.25) is 0 Å². The first-order valence-electron chi connectivity index (χ1n) is 3.37. The van der Waals surface area contributed by atoms with E-state index in [1.165, 1.54) is 12.0 Å². The van der Waals surface area contributed by atoms with Crippen LogP contribution in [0.25, 0.3) is 0 Å². The summed E-state index contributed by atoms with van der Waals surface area (Å²) < 4.78 is 0. The highest BCUT2D eigenvalue weighted by atomic mass is 15.6. The van der Waals surface area contributed by atoms with Crippen molar-refractivity contribution in [1.82, 2.24) is 10.0 Å². The van der Waals surface area contributed by atoms with Gasteiger partial charge < -0.3 is 5.01 Å². The molecule has 1 heterocycles. The number of hydrogen-bond acceptors (Lipinski definition) is 2. The third-order valence-electron chi connectivity index (χ3n) is 1.79. The minimum Gasteiger partial charge on any atom is -0.316 e. The van der Waals surface area contributed by atoms with Crippen molar-refractivity contribution in [2.24, 2.45) is 0 Å². The zero-order valence-corrected chi connectivity index (χ0v) is 6.39. The molecule has 0 saturated carbocycles. The van der Waals surface area contributed by atoms with Crippen LogP contribution in [0.5, 0.6) is 0 Å². The highest BCUT2D eigenvalue weighted by molar-refractivity contribution is 5.06. The number of likely N-dealkylation sites (N-methyl/N-ethyl adjacent to an activating group) is 1. The fraction of sp³-hybridized carbons (Fsp3) is 0.714. The first kappa shape index (κ1) is 6.62. The highest BCUT2D eigenvalue weighted by Gasteiger charge is 2.11. The van der Waals surface area contributed by atoms with Crippen molar-refractivity contribution in [3.63, 3.8) is 0 Å². The first-order chi connectivity index (χ1) is 4.24. The normalized spacial score (nSPS) is 20.8. The summed E-state index contributed by atoms with van der Waals surface area (Å²) in [5.41, 5.74) is 1.51. The maximum absolute atomic E-state index is 2.19. The molecule has 0 spiro atoms. The quantitative estimate of drug-likeness (QED) is 0.518. The largest absolute Gasteiger partial charge is 0.316 e. The van der Waals surface area contributed by atoms with Crippen LogP contribution in [0, 0.1) is 0 Å². The molecule has 2 heteroatoms. The van der Waals surface area contributed by atoms with Crippen LogP contribution >= 0.6 is 0 Å². The molecule has 0 unspecified atom stereocenters. The minimum absolute atomic E-state index is 1.10. The zero-order valence-electron chi connectivity index (χ0n) is 6.39. The predicted octanol–water partition coefficient (Wildman–Crippen LogP) is 1.07. The molecule has 0 atom stereocenters. The van der Waals surface area contributed by atoms with Crippen molar-refractivity contribution in [3.05, 3.63) is 11.8 Å². The van der Waals surface area contributed by atoms with E-state index >= 15 is 0 Å². The van der Waals surface area contributed by atoms with Gasteiger partial charge in [0.25, 0.3) is 0 Å². The van der Waals surface area contributed by atoms with Crippen LogP contribution in [-0.4, -0.2) is 30.7 Å².